The third-order valence-electron chi connectivity index (χ3n) is 6.60. The van der Waals surface area contributed by atoms with Gasteiger partial charge in [-0.1, -0.05) is 17.7 Å². The van der Waals surface area contributed by atoms with E-state index in [4.69, 9.17) is 16.3 Å². The van der Waals surface area contributed by atoms with Gasteiger partial charge in [-0.2, -0.15) is 26.8 Å². The number of rotatable bonds is 6. The summed E-state index contributed by atoms with van der Waals surface area (Å²) in [7, 11) is -3.40. The van der Waals surface area contributed by atoms with Crippen LogP contribution < -0.4 is 15.2 Å². The van der Waals surface area contributed by atoms with E-state index in [1.165, 1.54) is 13.3 Å². The van der Waals surface area contributed by atoms with Gasteiger partial charge in [0.15, 0.2) is 0 Å². The van der Waals surface area contributed by atoms with Crippen molar-refractivity contribution in [3.63, 3.8) is 0 Å². The first-order chi connectivity index (χ1) is 15.9. The Bertz CT molecular complexity index is 1170. The van der Waals surface area contributed by atoms with Gasteiger partial charge < -0.3 is 9.64 Å². The molecule has 0 N–H and O–H groups in total. The van der Waals surface area contributed by atoms with Gasteiger partial charge in [0.1, 0.15) is 5.69 Å². The van der Waals surface area contributed by atoms with E-state index in [1.807, 2.05) is 4.90 Å². The fraction of sp³-hybridized carbons (Fsp3) is 0.545. The van der Waals surface area contributed by atoms with E-state index >= 15 is 0 Å². The highest BCUT2D eigenvalue weighted by Gasteiger charge is 2.36. The molecule has 1 saturated carbocycles. The first kappa shape index (κ1) is 22.6. The highest BCUT2D eigenvalue weighted by Crippen LogP contribution is 2.31. The van der Waals surface area contributed by atoms with E-state index in [0.29, 0.717) is 55.7 Å². The van der Waals surface area contributed by atoms with Crippen LogP contribution in [0.15, 0.2) is 35.3 Å². The smallest absolute Gasteiger partial charge is 0.316 e. The van der Waals surface area contributed by atoms with Gasteiger partial charge in [-0.15, -0.1) is 0 Å². The zero-order valence-corrected chi connectivity index (χ0v) is 20.0. The molecule has 2 aromatic rings. The SMILES string of the molecule is O=c1c(OC2CCCC2)c(N2CCN(S(=O)(=O)N3CCC3)CC2)cnn1-c1cccc(Cl)c1. The molecule has 3 fully saturated rings. The molecule has 3 heterocycles. The van der Waals surface area contributed by atoms with E-state index in [9.17, 15) is 13.2 Å². The lowest BCUT2D eigenvalue weighted by molar-refractivity contribution is 0.205. The van der Waals surface area contributed by atoms with Crippen molar-refractivity contribution in [2.45, 2.75) is 38.2 Å². The molecular weight excluding hydrogens is 466 g/mol. The molecule has 1 aliphatic carbocycles. The lowest BCUT2D eigenvalue weighted by Gasteiger charge is -2.40. The van der Waals surface area contributed by atoms with E-state index in [2.05, 4.69) is 5.10 Å². The maximum atomic E-state index is 13.5. The van der Waals surface area contributed by atoms with Crippen LogP contribution in [0.5, 0.6) is 5.75 Å². The van der Waals surface area contributed by atoms with Crippen molar-refractivity contribution in [2.75, 3.05) is 44.2 Å². The van der Waals surface area contributed by atoms with Crippen molar-refractivity contribution in [1.82, 2.24) is 18.4 Å². The molecule has 33 heavy (non-hydrogen) atoms. The number of nitrogens with zero attached hydrogens (tertiary/aromatic N) is 5. The molecule has 11 heteroatoms. The lowest BCUT2D eigenvalue weighted by Crippen LogP contribution is -2.56. The summed E-state index contributed by atoms with van der Waals surface area (Å²) in [5.74, 6) is 0.274. The van der Waals surface area contributed by atoms with Crippen LogP contribution in [0.25, 0.3) is 5.69 Å². The number of piperazine rings is 1. The van der Waals surface area contributed by atoms with Crippen LogP contribution in [0.2, 0.25) is 5.02 Å². The molecule has 1 aromatic carbocycles. The predicted molar refractivity (Wildman–Crippen MR) is 127 cm³/mol. The Kier molecular flexibility index (Phi) is 6.34. The Morgan fingerprint density at radius 3 is 2.30 bits per heavy atom. The second kappa shape index (κ2) is 9.25. The number of aromatic nitrogens is 2. The molecular formula is C22H28ClN5O4S. The third-order valence-corrected chi connectivity index (χ3v) is 8.87. The molecule has 9 nitrogen and oxygen atoms in total. The summed E-state index contributed by atoms with van der Waals surface area (Å²) in [4.78, 5) is 15.5. The topological polar surface area (TPSA) is 88.0 Å². The van der Waals surface area contributed by atoms with Gasteiger partial charge in [-0.3, -0.25) is 4.79 Å². The summed E-state index contributed by atoms with van der Waals surface area (Å²) in [5.41, 5.74) is 0.851. The van der Waals surface area contributed by atoms with Gasteiger partial charge >= 0.3 is 5.56 Å². The number of ether oxygens (including phenoxy) is 1. The lowest BCUT2D eigenvalue weighted by atomic mass is 10.2. The van der Waals surface area contributed by atoms with E-state index in [-0.39, 0.29) is 17.4 Å². The average Bonchev–Trinajstić information content (AvgIpc) is 3.27. The van der Waals surface area contributed by atoms with Crippen LogP contribution in [0.4, 0.5) is 5.69 Å². The first-order valence-electron chi connectivity index (χ1n) is 11.5. The summed E-state index contributed by atoms with van der Waals surface area (Å²) in [5, 5.41) is 4.92. The minimum atomic E-state index is -3.40. The Morgan fingerprint density at radius 2 is 1.67 bits per heavy atom. The summed E-state index contributed by atoms with van der Waals surface area (Å²) in [6.45, 7) is 2.84. The summed E-state index contributed by atoms with van der Waals surface area (Å²) in [6, 6.07) is 6.98. The van der Waals surface area contributed by atoms with E-state index in [1.54, 1.807) is 30.5 Å². The molecule has 2 aliphatic heterocycles. The van der Waals surface area contributed by atoms with Gasteiger partial charge in [-0.25, -0.2) is 0 Å². The van der Waals surface area contributed by atoms with Crippen LogP contribution in [-0.4, -0.2) is 72.2 Å². The van der Waals surface area contributed by atoms with Crippen LogP contribution in [0, 0.1) is 0 Å². The Balaban J connectivity index is 1.43. The number of hydrogen-bond donors (Lipinski definition) is 0. The Hall–Kier alpha value is -2.14. The van der Waals surface area contributed by atoms with E-state index < -0.39 is 10.2 Å². The van der Waals surface area contributed by atoms with Crippen LogP contribution >= 0.6 is 11.6 Å². The second-order valence-electron chi connectivity index (χ2n) is 8.73. The minimum Gasteiger partial charge on any atom is -0.483 e. The molecule has 0 bridgehead atoms. The molecule has 0 spiro atoms. The zero-order chi connectivity index (χ0) is 23.0. The second-order valence-corrected chi connectivity index (χ2v) is 11.1. The molecule has 2 saturated heterocycles. The number of hydrogen-bond acceptors (Lipinski definition) is 6. The molecule has 5 rings (SSSR count). The van der Waals surface area contributed by atoms with Crippen LogP contribution in [0.1, 0.15) is 32.1 Å². The van der Waals surface area contributed by atoms with Gasteiger partial charge in [0.05, 0.1) is 18.0 Å². The first-order valence-corrected chi connectivity index (χ1v) is 13.3. The third kappa shape index (κ3) is 4.49. The van der Waals surface area contributed by atoms with Crippen LogP contribution in [-0.2, 0) is 10.2 Å². The molecule has 1 aromatic heterocycles. The molecule has 3 aliphatic rings. The largest absolute Gasteiger partial charge is 0.483 e. The highest BCUT2D eigenvalue weighted by atomic mass is 35.5. The molecule has 0 atom stereocenters. The quantitative estimate of drug-likeness (QED) is 0.613. The number of halogens is 1. The maximum absolute atomic E-state index is 13.5. The van der Waals surface area contributed by atoms with Crippen molar-refractivity contribution in [2.24, 2.45) is 0 Å². The maximum Gasteiger partial charge on any atom is 0.316 e. The highest BCUT2D eigenvalue weighted by molar-refractivity contribution is 7.86. The summed E-state index contributed by atoms with van der Waals surface area (Å²) >= 11 is 6.12. The fourth-order valence-corrected chi connectivity index (χ4v) is 6.43. The summed E-state index contributed by atoms with van der Waals surface area (Å²) < 4.78 is 36.1. The monoisotopic (exact) mass is 493 g/mol. The van der Waals surface area contributed by atoms with Gasteiger partial charge in [0.2, 0.25) is 5.75 Å². The van der Waals surface area contributed by atoms with Crippen molar-refractivity contribution < 1.29 is 13.2 Å². The average molecular weight is 494 g/mol. The van der Waals surface area contributed by atoms with Gasteiger partial charge in [0.25, 0.3) is 10.2 Å². The standard InChI is InChI=1S/C22H28ClN5O4S/c23-17-5-3-6-18(15-17)28-22(29)21(32-19-7-1-2-8-19)20(16-24-28)25-11-13-27(14-12-25)33(30,31)26-9-4-10-26/h3,5-6,15-16,19H,1-2,4,7-14H2. The Morgan fingerprint density at radius 1 is 0.970 bits per heavy atom. The summed E-state index contributed by atoms with van der Waals surface area (Å²) in [6.07, 6.45) is 6.56. The zero-order valence-electron chi connectivity index (χ0n) is 18.4. The minimum absolute atomic E-state index is 0.000236. The van der Waals surface area contributed by atoms with Crippen molar-refractivity contribution in [3.8, 4) is 11.4 Å². The fourth-order valence-electron chi connectivity index (χ4n) is 4.57. The van der Waals surface area contributed by atoms with E-state index in [0.717, 1.165) is 32.1 Å². The van der Waals surface area contributed by atoms with Crippen molar-refractivity contribution >= 4 is 27.5 Å². The number of anilines is 1. The molecule has 0 radical (unpaired) electrons. The van der Waals surface area contributed by atoms with Crippen molar-refractivity contribution in [3.05, 3.63) is 45.8 Å². The molecule has 0 unspecified atom stereocenters. The predicted octanol–water partition coefficient (Wildman–Crippen LogP) is 2.28. The van der Waals surface area contributed by atoms with Crippen molar-refractivity contribution in [1.29, 1.82) is 0 Å². The van der Waals surface area contributed by atoms with Gasteiger partial charge in [0, 0.05) is 44.3 Å². The number of benzene rings is 1. The molecule has 0 amide bonds. The van der Waals surface area contributed by atoms with Crippen LogP contribution in [0.3, 0.4) is 0 Å². The Labute approximate surface area is 198 Å². The molecule has 178 valence electrons. The normalized spacial score (nSPS) is 20.7. The van der Waals surface area contributed by atoms with Gasteiger partial charge in [-0.05, 0) is 50.3 Å².